The second-order valence-electron chi connectivity index (χ2n) is 5.42. The van der Waals surface area contributed by atoms with Crippen LogP contribution in [0, 0.1) is 5.92 Å². The van der Waals surface area contributed by atoms with Crippen molar-refractivity contribution >= 4 is 12.0 Å². The van der Waals surface area contributed by atoms with Gasteiger partial charge in [-0.15, -0.1) is 0 Å². The summed E-state index contributed by atoms with van der Waals surface area (Å²) in [6.45, 7) is 4.58. The molecule has 0 saturated carbocycles. The first-order valence-electron chi connectivity index (χ1n) is 7.58. The Balaban J connectivity index is 2.11. The lowest BCUT2D eigenvalue weighted by Gasteiger charge is -2.24. The monoisotopic (exact) mass is 285 g/mol. The number of carbonyl (C=O) groups excluding carboxylic acids is 1. The van der Waals surface area contributed by atoms with Crippen molar-refractivity contribution in [2.24, 2.45) is 5.92 Å². The summed E-state index contributed by atoms with van der Waals surface area (Å²) in [6.07, 6.45) is 4.63. The lowest BCUT2D eigenvalue weighted by molar-refractivity contribution is -0.137. The predicted octanol–water partition coefficient (Wildman–Crippen LogP) is 1.32. The first kappa shape index (κ1) is 16.8. The van der Waals surface area contributed by atoms with Crippen LogP contribution in [0.4, 0.5) is 4.79 Å². The summed E-state index contributed by atoms with van der Waals surface area (Å²) in [5.74, 6) is -0.384. The molecule has 1 aliphatic heterocycles. The number of nitrogens with one attached hydrogen (secondary N) is 3. The fourth-order valence-electron chi connectivity index (χ4n) is 2.47. The molecular weight excluding hydrogens is 258 g/mol. The fourth-order valence-corrected chi connectivity index (χ4v) is 2.47. The van der Waals surface area contributed by atoms with Crippen LogP contribution >= 0.6 is 0 Å². The Morgan fingerprint density at radius 1 is 1.30 bits per heavy atom. The minimum Gasteiger partial charge on any atom is -0.481 e. The second kappa shape index (κ2) is 9.58. The van der Waals surface area contributed by atoms with E-state index in [1.807, 2.05) is 0 Å². The smallest absolute Gasteiger partial charge is 0.315 e. The largest absolute Gasteiger partial charge is 0.481 e. The topological polar surface area (TPSA) is 90.5 Å². The normalized spacial score (nSPS) is 17.4. The molecule has 4 N–H and O–H groups in total. The summed E-state index contributed by atoms with van der Waals surface area (Å²) < 4.78 is 0. The summed E-state index contributed by atoms with van der Waals surface area (Å²) in [4.78, 5) is 22.2. The first-order valence-corrected chi connectivity index (χ1v) is 7.58. The number of piperidine rings is 1. The van der Waals surface area contributed by atoms with Crippen LogP contribution in [-0.2, 0) is 4.79 Å². The Morgan fingerprint density at radius 2 is 2.00 bits per heavy atom. The molecule has 1 unspecified atom stereocenters. The third-order valence-corrected chi connectivity index (χ3v) is 3.86. The molecule has 0 aromatic rings. The lowest BCUT2D eigenvalue weighted by atomic mass is 9.97. The van der Waals surface area contributed by atoms with Crippen molar-refractivity contribution in [3.63, 3.8) is 0 Å². The van der Waals surface area contributed by atoms with Gasteiger partial charge in [0.15, 0.2) is 0 Å². The van der Waals surface area contributed by atoms with Gasteiger partial charge in [-0.05, 0) is 44.7 Å². The Hall–Kier alpha value is -1.30. The Kier molecular flexibility index (Phi) is 8.02. The van der Waals surface area contributed by atoms with Gasteiger partial charge in [0.05, 0.1) is 0 Å². The van der Waals surface area contributed by atoms with Crippen molar-refractivity contribution in [2.75, 3.05) is 19.6 Å². The molecule has 2 amide bonds. The zero-order chi connectivity index (χ0) is 14.8. The van der Waals surface area contributed by atoms with Gasteiger partial charge in [0, 0.05) is 19.0 Å². The molecule has 6 nitrogen and oxygen atoms in total. The van der Waals surface area contributed by atoms with Crippen molar-refractivity contribution in [1.82, 2.24) is 16.0 Å². The molecule has 1 atom stereocenters. The zero-order valence-electron chi connectivity index (χ0n) is 12.3. The summed E-state index contributed by atoms with van der Waals surface area (Å²) in [5.41, 5.74) is 0. The number of carboxylic acids is 1. The second-order valence-corrected chi connectivity index (χ2v) is 5.42. The Bertz CT molecular complexity index is 304. The van der Waals surface area contributed by atoms with E-state index < -0.39 is 5.97 Å². The van der Waals surface area contributed by atoms with Gasteiger partial charge >= 0.3 is 12.0 Å². The molecule has 20 heavy (non-hydrogen) atoms. The van der Waals surface area contributed by atoms with Gasteiger partial charge in [0.1, 0.15) is 0 Å². The standard InChI is InChI=1S/C14H27N3O3/c1-2-11(3-4-13(18)19)5-10-16-14(20)17-12-6-8-15-9-7-12/h11-12,15H,2-10H2,1H3,(H,18,19)(H2,16,17,20). The first-order chi connectivity index (χ1) is 9.61. The summed E-state index contributed by atoms with van der Waals surface area (Å²) >= 11 is 0. The lowest BCUT2D eigenvalue weighted by Crippen LogP contribution is -2.47. The van der Waals surface area contributed by atoms with Crippen LogP contribution in [-0.4, -0.2) is 42.8 Å². The van der Waals surface area contributed by atoms with E-state index in [2.05, 4.69) is 22.9 Å². The van der Waals surface area contributed by atoms with Crippen molar-refractivity contribution in [2.45, 2.75) is 51.5 Å². The van der Waals surface area contributed by atoms with Gasteiger partial charge in [-0.25, -0.2) is 4.79 Å². The fraction of sp³-hybridized carbons (Fsp3) is 0.857. The van der Waals surface area contributed by atoms with Crippen molar-refractivity contribution in [3.05, 3.63) is 0 Å². The molecule has 1 heterocycles. The van der Waals surface area contributed by atoms with Crippen LogP contribution in [0.1, 0.15) is 45.4 Å². The molecule has 1 aliphatic rings. The molecule has 1 rings (SSSR count). The number of rotatable bonds is 8. The minimum absolute atomic E-state index is 0.106. The van der Waals surface area contributed by atoms with E-state index >= 15 is 0 Å². The molecular formula is C14H27N3O3. The molecule has 116 valence electrons. The van der Waals surface area contributed by atoms with E-state index in [4.69, 9.17) is 5.11 Å². The van der Waals surface area contributed by atoms with Crippen LogP contribution < -0.4 is 16.0 Å². The van der Waals surface area contributed by atoms with Crippen LogP contribution in [0.5, 0.6) is 0 Å². The van der Waals surface area contributed by atoms with Gasteiger partial charge in [0.25, 0.3) is 0 Å². The average Bonchev–Trinajstić information content (AvgIpc) is 2.43. The van der Waals surface area contributed by atoms with Gasteiger partial charge in [-0.2, -0.15) is 0 Å². The van der Waals surface area contributed by atoms with Gasteiger partial charge in [0.2, 0.25) is 0 Å². The van der Waals surface area contributed by atoms with Crippen LogP contribution in [0.3, 0.4) is 0 Å². The third kappa shape index (κ3) is 7.33. The van der Waals surface area contributed by atoms with E-state index in [9.17, 15) is 9.59 Å². The minimum atomic E-state index is -0.750. The Labute approximate surface area is 120 Å². The number of carbonyl (C=O) groups is 2. The predicted molar refractivity (Wildman–Crippen MR) is 77.7 cm³/mol. The highest BCUT2D eigenvalue weighted by Crippen LogP contribution is 2.14. The SMILES string of the molecule is CCC(CCNC(=O)NC1CCNCC1)CCC(=O)O. The van der Waals surface area contributed by atoms with Crippen LogP contribution in [0.15, 0.2) is 0 Å². The van der Waals surface area contributed by atoms with Crippen molar-refractivity contribution < 1.29 is 14.7 Å². The highest BCUT2D eigenvalue weighted by Gasteiger charge is 2.15. The molecule has 1 fully saturated rings. The number of hydrogen-bond donors (Lipinski definition) is 4. The zero-order valence-corrected chi connectivity index (χ0v) is 12.3. The van der Waals surface area contributed by atoms with E-state index in [-0.39, 0.29) is 18.5 Å². The van der Waals surface area contributed by atoms with Crippen LogP contribution in [0.2, 0.25) is 0 Å². The summed E-state index contributed by atoms with van der Waals surface area (Å²) in [5, 5.41) is 17.8. The molecule has 0 aliphatic carbocycles. The third-order valence-electron chi connectivity index (χ3n) is 3.86. The van der Waals surface area contributed by atoms with E-state index in [0.29, 0.717) is 18.9 Å². The maximum absolute atomic E-state index is 11.7. The molecule has 0 aromatic carbocycles. The van der Waals surface area contributed by atoms with E-state index in [0.717, 1.165) is 38.8 Å². The van der Waals surface area contributed by atoms with Crippen molar-refractivity contribution in [1.29, 1.82) is 0 Å². The molecule has 6 heteroatoms. The highest BCUT2D eigenvalue weighted by atomic mass is 16.4. The average molecular weight is 285 g/mol. The number of hydrogen-bond acceptors (Lipinski definition) is 3. The number of aliphatic carboxylic acids is 1. The molecule has 0 bridgehead atoms. The molecule has 0 radical (unpaired) electrons. The maximum atomic E-state index is 11.7. The highest BCUT2D eigenvalue weighted by molar-refractivity contribution is 5.74. The van der Waals surface area contributed by atoms with E-state index in [1.54, 1.807) is 0 Å². The van der Waals surface area contributed by atoms with Gasteiger partial charge in [-0.1, -0.05) is 13.3 Å². The van der Waals surface area contributed by atoms with E-state index in [1.165, 1.54) is 0 Å². The summed E-state index contributed by atoms with van der Waals surface area (Å²) in [7, 11) is 0. The van der Waals surface area contributed by atoms with Crippen molar-refractivity contribution in [3.8, 4) is 0 Å². The molecule has 0 aromatic heterocycles. The maximum Gasteiger partial charge on any atom is 0.315 e. The summed E-state index contributed by atoms with van der Waals surface area (Å²) in [6, 6.07) is 0.162. The number of carboxylic acid groups (broad SMARTS) is 1. The van der Waals surface area contributed by atoms with Crippen LogP contribution in [0.25, 0.3) is 0 Å². The quantitative estimate of drug-likeness (QED) is 0.541. The Morgan fingerprint density at radius 3 is 2.60 bits per heavy atom. The number of amides is 2. The van der Waals surface area contributed by atoms with Gasteiger partial charge < -0.3 is 21.1 Å². The van der Waals surface area contributed by atoms with Gasteiger partial charge in [-0.3, -0.25) is 4.79 Å². The number of urea groups is 1. The molecule has 0 spiro atoms. The molecule has 1 saturated heterocycles.